The van der Waals surface area contributed by atoms with E-state index in [0.717, 1.165) is 18.6 Å². The molecule has 0 saturated carbocycles. The summed E-state index contributed by atoms with van der Waals surface area (Å²) in [6.45, 7) is 1.73. The van der Waals surface area contributed by atoms with Crippen LogP contribution < -0.4 is 5.73 Å². The van der Waals surface area contributed by atoms with Crippen LogP contribution in [0.4, 0.5) is 14.7 Å². The van der Waals surface area contributed by atoms with E-state index in [1.165, 1.54) is 10.7 Å². The Morgan fingerprint density at radius 1 is 1.18 bits per heavy atom. The molecule has 1 aromatic carbocycles. The van der Waals surface area contributed by atoms with Crippen molar-refractivity contribution in [3.05, 3.63) is 41.5 Å². The molecule has 1 fully saturated rings. The molecule has 1 saturated heterocycles. The molecule has 38 heavy (non-hydrogen) atoms. The highest BCUT2D eigenvalue weighted by atomic mass is 19.1. The molecule has 0 spiro atoms. The van der Waals surface area contributed by atoms with Crippen LogP contribution in [0.1, 0.15) is 41.6 Å². The second-order valence-corrected chi connectivity index (χ2v) is 8.27. The lowest BCUT2D eigenvalue weighted by Crippen LogP contribution is -2.28. The first-order valence-corrected chi connectivity index (χ1v) is 11.6. The monoisotopic (exact) mass is 523 g/mol. The lowest BCUT2D eigenvalue weighted by Gasteiger charge is -2.15. The van der Waals surface area contributed by atoms with Crippen LogP contribution >= 0.6 is 0 Å². The summed E-state index contributed by atoms with van der Waals surface area (Å²) >= 11 is 0. The molecule has 2 N–H and O–H groups in total. The second-order valence-electron chi connectivity index (χ2n) is 8.27. The van der Waals surface area contributed by atoms with Gasteiger partial charge in [-0.05, 0) is 25.3 Å². The average molecular weight is 524 g/mol. The molecule has 1 aliphatic rings. The maximum absolute atomic E-state index is 14.1. The number of anilines is 1. The molecule has 198 valence electrons. The summed E-state index contributed by atoms with van der Waals surface area (Å²) in [5.41, 5.74) is 6.39. The lowest BCUT2D eigenvalue weighted by molar-refractivity contribution is 0.0785. The minimum atomic E-state index is -0.807. The van der Waals surface area contributed by atoms with Crippen molar-refractivity contribution < 1.29 is 18.3 Å². The van der Waals surface area contributed by atoms with Crippen LogP contribution in [0, 0.1) is 37.3 Å². The fraction of sp³-hybridized carbons (Fsp3) is 0.360. The number of halogens is 2. The van der Waals surface area contributed by atoms with Gasteiger partial charge in [-0.25, -0.2) is 18.7 Å². The number of ether oxygens (including phenoxy) is 1. The molecule has 1 aliphatic heterocycles. The van der Waals surface area contributed by atoms with Gasteiger partial charge >= 0.3 is 0 Å². The molecular formula is C25H27F2N9O2. The Labute approximate surface area is 218 Å². The summed E-state index contributed by atoms with van der Waals surface area (Å²) in [7, 11) is 1.71. The van der Waals surface area contributed by atoms with Crippen LogP contribution in [0.3, 0.4) is 0 Å². The lowest BCUT2D eigenvalue weighted by atomic mass is 10.2. The van der Waals surface area contributed by atoms with Crippen molar-refractivity contribution in [1.82, 2.24) is 39.5 Å². The number of benzene rings is 1. The number of hydrogen-bond donors (Lipinski definition) is 1. The Morgan fingerprint density at radius 2 is 1.95 bits per heavy atom. The molecule has 11 nitrogen and oxygen atoms in total. The molecule has 1 atom stereocenters. The molecular weight excluding hydrogens is 496 g/mol. The predicted octanol–water partition coefficient (Wildman–Crippen LogP) is 2.28. The summed E-state index contributed by atoms with van der Waals surface area (Å²) in [6, 6.07) is 1.98. The molecule has 0 aliphatic carbocycles. The quantitative estimate of drug-likeness (QED) is 0.289. The number of terminal acetylenes is 2. The van der Waals surface area contributed by atoms with Crippen LogP contribution in [0.25, 0.3) is 16.6 Å². The number of aryl methyl sites for hydroxylation is 1. The van der Waals surface area contributed by atoms with E-state index in [1.54, 1.807) is 16.7 Å². The topological polar surface area (TPSA) is 129 Å². The van der Waals surface area contributed by atoms with Crippen LogP contribution in [0.2, 0.25) is 0 Å². The van der Waals surface area contributed by atoms with Crippen molar-refractivity contribution in [3.63, 3.8) is 0 Å². The molecule has 0 bridgehead atoms. The van der Waals surface area contributed by atoms with Crippen molar-refractivity contribution >= 4 is 28.4 Å². The zero-order chi connectivity index (χ0) is 27.8. The Morgan fingerprint density at radius 3 is 2.66 bits per heavy atom. The van der Waals surface area contributed by atoms with Gasteiger partial charge in [0.2, 0.25) is 5.95 Å². The van der Waals surface area contributed by atoms with E-state index in [9.17, 15) is 13.6 Å². The maximum Gasteiger partial charge on any atom is 0.275 e. The van der Waals surface area contributed by atoms with Crippen molar-refractivity contribution in [2.24, 2.45) is 0 Å². The number of carbonyl (C=O) groups excluding carboxylic acids is 1. The zero-order valence-corrected chi connectivity index (χ0v) is 20.8. The van der Waals surface area contributed by atoms with Crippen LogP contribution in [-0.4, -0.2) is 72.2 Å². The highest BCUT2D eigenvalue weighted by Crippen LogP contribution is 2.23. The third-order valence-electron chi connectivity index (χ3n) is 5.81. The highest BCUT2D eigenvalue weighted by Gasteiger charge is 2.22. The minimum absolute atomic E-state index is 0.0331. The number of amides is 1. The van der Waals surface area contributed by atoms with Gasteiger partial charge in [-0.2, -0.15) is 14.4 Å². The van der Waals surface area contributed by atoms with Crippen molar-refractivity contribution in [2.45, 2.75) is 31.7 Å². The second kappa shape index (κ2) is 12.6. The number of hydrogen-bond acceptors (Lipinski definition) is 8. The number of aromatic nitrogens is 7. The SMILES string of the molecule is C#C.C#C.CN(CCCCc1nc2c3cc(F)cc(F)c3nc(N)n2n1)C(=O)c1cnn(C2CCOC2)n1. The summed E-state index contributed by atoms with van der Waals surface area (Å²) in [5.74, 6) is -1.30. The number of unbranched alkanes of at least 4 members (excludes halogenated alkanes) is 1. The van der Waals surface area contributed by atoms with E-state index in [0.29, 0.717) is 50.5 Å². The molecule has 5 rings (SSSR count). The third kappa shape index (κ3) is 5.85. The van der Waals surface area contributed by atoms with Gasteiger partial charge in [0.1, 0.15) is 11.3 Å². The van der Waals surface area contributed by atoms with Crippen LogP contribution in [0.15, 0.2) is 18.3 Å². The molecule has 1 unspecified atom stereocenters. The van der Waals surface area contributed by atoms with Crippen molar-refractivity contribution in [3.8, 4) is 25.7 Å². The van der Waals surface area contributed by atoms with E-state index in [4.69, 9.17) is 10.5 Å². The average Bonchev–Trinajstić information content (AvgIpc) is 3.70. The molecule has 1 amide bonds. The molecule has 0 radical (unpaired) electrons. The molecule has 13 heteroatoms. The van der Waals surface area contributed by atoms with Gasteiger partial charge < -0.3 is 15.4 Å². The minimum Gasteiger partial charge on any atom is -0.379 e. The van der Waals surface area contributed by atoms with Gasteiger partial charge in [0, 0.05) is 32.7 Å². The number of nitrogens with zero attached hydrogens (tertiary/aromatic N) is 8. The Balaban J connectivity index is 0.000000956. The predicted molar refractivity (Wildman–Crippen MR) is 137 cm³/mol. The summed E-state index contributed by atoms with van der Waals surface area (Å²) in [4.78, 5) is 24.2. The van der Waals surface area contributed by atoms with Gasteiger partial charge in [0.15, 0.2) is 23.0 Å². The number of carbonyl (C=O) groups is 1. The van der Waals surface area contributed by atoms with Gasteiger partial charge in [-0.1, -0.05) is 0 Å². The highest BCUT2D eigenvalue weighted by molar-refractivity contribution is 5.92. The number of nitrogen functional groups attached to an aromatic ring is 1. The first-order chi connectivity index (χ1) is 18.4. The number of rotatable bonds is 7. The third-order valence-corrected chi connectivity index (χ3v) is 5.81. The van der Waals surface area contributed by atoms with E-state index < -0.39 is 11.6 Å². The van der Waals surface area contributed by atoms with E-state index in [2.05, 4.69) is 51.0 Å². The first-order valence-electron chi connectivity index (χ1n) is 11.6. The van der Waals surface area contributed by atoms with E-state index in [1.807, 2.05) is 0 Å². The van der Waals surface area contributed by atoms with Crippen molar-refractivity contribution in [1.29, 1.82) is 0 Å². The molecule has 4 heterocycles. The normalized spacial score (nSPS) is 14.4. The number of fused-ring (bicyclic) bond motifs is 3. The van der Waals surface area contributed by atoms with Gasteiger partial charge in [0.05, 0.1) is 24.2 Å². The van der Waals surface area contributed by atoms with Gasteiger partial charge in [-0.3, -0.25) is 4.79 Å². The molecule has 3 aromatic heterocycles. The first kappa shape index (κ1) is 28.0. The summed E-state index contributed by atoms with van der Waals surface area (Å²) in [6.07, 6.45) is 20.2. The Bertz CT molecular complexity index is 1450. The Hall–Kier alpha value is -4.62. The zero-order valence-electron chi connectivity index (χ0n) is 20.8. The van der Waals surface area contributed by atoms with Gasteiger partial charge in [-0.15, -0.1) is 35.9 Å². The smallest absolute Gasteiger partial charge is 0.275 e. The summed E-state index contributed by atoms with van der Waals surface area (Å²) in [5, 5.41) is 13.0. The van der Waals surface area contributed by atoms with E-state index >= 15 is 0 Å². The van der Waals surface area contributed by atoms with Crippen LogP contribution in [0.5, 0.6) is 0 Å². The van der Waals surface area contributed by atoms with E-state index in [-0.39, 0.29) is 34.4 Å². The molecule has 4 aromatic rings. The fourth-order valence-corrected chi connectivity index (χ4v) is 3.99. The van der Waals surface area contributed by atoms with Crippen LogP contribution in [-0.2, 0) is 11.2 Å². The van der Waals surface area contributed by atoms with Gasteiger partial charge in [0.25, 0.3) is 5.91 Å². The fourth-order valence-electron chi connectivity index (χ4n) is 3.99. The maximum atomic E-state index is 14.1. The van der Waals surface area contributed by atoms with Crippen molar-refractivity contribution in [2.75, 3.05) is 32.5 Å². The Kier molecular flexibility index (Phi) is 9.24. The standard InChI is InChI=1S/C21H23F2N9O2.2C2H2/c1-30(20(33)16-10-25-32(28-16)13-5-7-34-11-13)6-3-2-4-17-26-19-14-8-12(22)9-15(23)18(14)27-21(24)31(19)29-17;2*1-2/h8-10,13H,2-7,11H2,1H3,(H2,24,27);2*1-2H. The largest absolute Gasteiger partial charge is 0.379 e. The number of nitrogens with two attached hydrogens (primary N) is 1. The summed E-state index contributed by atoms with van der Waals surface area (Å²) < 4.78 is 34.4.